The molecule has 0 saturated heterocycles. The minimum absolute atomic E-state index is 0.0943. The molecule has 0 saturated carbocycles. The van der Waals surface area contributed by atoms with Gasteiger partial charge in [0.1, 0.15) is 12.4 Å². The van der Waals surface area contributed by atoms with E-state index in [0.29, 0.717) is 12.5 Å². The molecule has 0 unspecified atom stereocenters. The van der Waals surface area contributed by atoms with Gasteiger partial charge in [-0.2, -0.15) is 0 Å². The lowest BCUT2D eigenvalue weighted by Gasteiger charge is -2.08. The second-order valence-corrected chi connectivity index (χ2v) is 4.72. The SMILES string of the molecule is Fc1ccc(-c2ccc3c(n2)OCCNC3)cc1Cl. The zero-order chi connectivity index (χ0) is 13.2. The number of hydrogen-bond donors (Lipinski definition) is 1. The van der Waals surface area contributed by atoms with E-state index in [9.17, 15) is 4.39 Å². The standard InChI is InChI=1S/C14H12ClFN2O/c15-11-7-9(1-3-12(11)16)13-4-2-10-8-17-5-6-19-14(10)18-13/h1-4,7,17H,5-6,8H2. The highest BCUT2D eigenvalue weighted by molar-refractivity contribution is 6.31. The smallest absolute Gasteiger partial charge is 0.218 e. The van der Waals surface area contributed by atoms with Gasteiger partial charge in [0.05, 0.1) is 10.7 Å². The zero-order valence-electron chi connectivity index (χ0n) is 10.1. The van der Waals surface area contributed by atoms with Gasteiger partial charge < -0.3 is 10.1 Å². The highest BCUT2D eigenvalue weighted by Gasteiger charge is 2.12. The van der Waals surface area contributed by atoms with Crippen molar-refractivity contribution >= 4 is 11.6 Å². The summed E-state index contributed by atoms with van der Waals surface area (Å²) in [6.07, 6.45) is 0. The molecule has 0 radical (unpaired) electrons. The first-order valence-electron chi connectivity index (χ1n) is 6.03. The van der Waals surface area contributed by atoms with Crippen molar-refractivity contribution in [2.24, 2.45) is 0 Å². The van der Waals surface area contributed by atoms with Crippen molar-refractivity contribution in [1.82, 2.24) is 10.3 Å². The van der Waals surface area contributed by atoms with Gasteiger partial charge in [0.15, 0.2) is 0 Å². The topological polar surface area (TPSA) is 34.1 Å². The molecule has 0 aliphatic carbocycles. The Kier molecular flexibility index (Phi) is 3.36. The maximum atomic E-state index is 13.2. The van der Waals surface area contributed by atoms with E-state index in [4.69, 9.17) is 16.3 Å². The summed E-state index contributed by atoms with van der Waals surface area (Å²) in [6.45, 7) is 2.13. The molecule has 1 aliphatic heterocycles. The van der Waals surface area contributed by atoms with Crippen LogP contribution >= 0.6 is 11.6 Å². The van der Waals surface area contributed by atoms with E-state index >= 15 is 0 Å². The minimum atomic E-state index is -0.430. The van der Waals surface area contributed by atoms with Gasteiger partial charge in [-0.3, -0.25) is 0 Å². The second kappa shape index (κ2) is 5.15. The minimum Gasteiger partial charge on any atom is -0.476 e. The van der Waals surface area contributed by atoms with Crippen LogP contribution in [0.1, 0.15) is 5.56 Å². The van der Waals surface area contributed by atoms with Gasteiger partial charge in [-0.05, 0) is 24.3 Å². The maximum absolute atomic E-state index is 13.2. The molecule has 3 nitrogen and oxygen atoms in total. The fourth-order valence-corrected chi connectivity index (χ4v) is 2.17. The van der Waals surface area contributed by atoms with E-state index < -0.39 is 5.82 Å². The first-order valence-corrected chi connectivity index (χ1v) is 6.41. The van der Waals surface area contributed by atoms with Crippen LogP contribution in [0.25, 0.3) is 11.3 Å². The number of halogens is 2. The molecule has 3 rings (SSSR count). The Bertz CT molecular complexity index is 618. The van der Waals surface area contributed by atoms with E-state index in [0.717, 1.165) is 29.9 Å². The molecular formula is C14H12ClFN2O. The highest BCUT2D eigenvalue weighted by atomic mass is 35.5. The van der Waals surface area contributed by atoms with Gasteiger partial charge in [0.25, 0.3) is 0 Å². The van der Waals surface area contributed by atoms with Gasteiger partial charge in [0, 0.05) is 24.2 Å². The number of hydrogen-bond acceptors (Lipinski definition) is 3. The highest BCUT2D eigenvalue weighted by Crippen LogP contribution is 2.27. The summed E-state index contributed by atoms with van der Waals surface area (Å²) in [5, 5.41) is 3.34. The molecular weight excluding hydrogens is 267 g/mol. The molecule has 5 heteroatoms. The molecule has 2 heterocycles. The van der Waals surface area contributed by atoms with Crippen molar-refractivity contribution < 1.29 is 9.13 Å². The van der Waals surface area contributed by atoms with Gasteiger partial charge in [-0.1, -0.05) is 17.7 Å². The molecule has 2 aromatic rings. The second-order valence-electron chi connectivity index (χ2n) is 4.31. The van der Waals surface area contributed by atoms with E-state index in [2.05, 4.69) is 10.3 Å². The van der Waals surface area contributed by atoms with Crippen molar-refractivity contribution in [3.8, 4) is 17.1 Å². The van der Waals surface area contributed by atoms with Crippen LogP contribution < -0.4 is 10.1 Å². The number of ether oxygens (including phenoxy) is 1. The van der Waals surface area contributed by atoms with Crippen molar-refractivity contribution in [1.29, 1.82) is 0 Å². The number of nitrogens with zero attached hydrogens (tertiary/aromatic N) is 1. The third-order valence-corrected chi connectivity index (χ3v) is 3.28. The van der Waals surface area contributed by atoms with Crippen LogP contribution in [0.2, 0.25) is 5.02 Å². The summed E-state index contributed by atoms with van der Waals surface area (Å²) in [4.78, 5) is 4.47. The largest absolute Gasteiger partial charge is 0.476 e. The molecule has 19 heavy (non-hydrogen) atoms. The molecule has 0 spiro atoms. The van der Waals surface area contributed by atoms with Crippen LogP contribution in [0, 0.1) is 5.82 Å². The van der Waals surface area contributed by atoms with Gasteiger partial charge >= 0.3 is 0 Å². The summed E-state index contributed by atoms with van der Waals surface area (Å²) in [6, 6.07) is 8.42. The lowest BCUT2D eigenvalue weighted by Crippen LogP contribution is -2.16. The van der Waals surface area contributed by atoms with Gasteiger partial charge in [-0.25, -0.2) is 9.37 Å². The predicted octanol–water partition coefficient (Wildman–Crippen LogP) is 3.02. The van der Waals surface area contributed by atoms with Crippen LogP contribution in [0.4, 0.5) is 4.39 Å². The van der Waals surface area contributed by atoms with Crippen LogP contribution in [-0.2, 0) is 6.54 Å². The average molecular weight is 279 g/mol. The average Bonchev–Trinajstić information content (AvgIpc) is 2.66. The summed E-state index contributed by atoms with van der Waals surface area (Å²) >= 11 is 5.79. The Balaban J connectivity index is 2.01. The van der Waals surface area contributed by atoms with Crippen LogP contribution in [0.15, 0.2) is 30.3 Å². The Morgan fingerprint density at radius 3 is 3.00 bits per heavy atom. The Labute approximate surface area is 115 Å². The first-order chi connectivity index (χ1) is 9.24. The third kappa shape index (κ3) is 2.55. The zero-order valence-corrected chi connectivity index (χ0v) is 10.9. The summed E-state index contributed by atoms with van der Waals surface area (Å²) in [5.41, 5.74) is 2.52. The van der Waals surface area contributed by atoms with Crippen molar-refractivity contribution in [2.75, 3.05) is 13.2 Å². The van der Waals surface area contributed by atoms with Crippen LogP contribution in [0.3, 0.4) is 0 Å². The van der Waals surface area contributed by atoms with Gasteiger partial charge in [-0.15, -0.1) is 0 Å². The normalized spacial score (nSPS) is 14.4. The monoisotopic (exact) mass is 278 g/mol. The molecule has 98 valence electrons. The summed E-state index contributed by atoms with van der Waals surface area (Å²) in [7, 11) is 0. The molecule has 0 atom stereocenters. The van der Waals surface area contributed by atoms with E-state index in [1.54, 1.807) is 12.1 Å². The quantitative estimate of drug-likeness (QED) is 0.871. The van der Waals surface area contributed by atoms with Crippen molar-refractivity contribution in [2.45, 2.75) is 6.54 Å². The molecule has 0 amide bonds. The van der Waals surface area contributed by atoms with E-state index in [1.165, 1.54) is 6.07 Å². The molecule has 0 fully saturated rings. The number of benzene rings is 1. The summed E-state index contributed by atoms with van der Waals surface area (Å²) in [5.74, 6) is 0.198. The van der Waals surface area contributed by atoms with Crippen LogP contribution in [-0.4, -0.2) is 18.1 Å². The van der Waals surface area contributed by atoms with Gasteiger partial charge in [0.2, 0.25) is 5.88 Å². The number of rotatable bonds is 1. The number of pyridine rings is 1. The molecule has 1 N–H and O–H groups in total. The third-order valence-electron chi connectivity index (χ3n) is 2.99. The first kappa shape index (κ1) is 12.4. The lowest BCUT2D eigenvalue weighted by molar-refractivity contribution is 0.314. The Morgan fingerprint density at radius 1 is 1.26 bits per heavy atom. The predicted molar refractivity (Wildman–Crippen MR) is 71.8 cm³/mol. The fraction of sp³-hybridized carbons (Fsp3) is 0.214. The Hall–Kier alpha value is -1.65. The summed E-state index contributed by atoms with van der Waals surface area (Å²) < 4.78 is 18.7. The van der Waals surface area contributed by atoms with Crippen molar-refractivity contribution in [3.63, 3.8) is 0 Å². The number of aromatic nitrogens is 1. The molecule has 1 aromatic heterocycles. The van der Waals surface area contributed by atoms with E-state index in [-0.39, 0.29) is 5.02 Å². The molecule has 1 aromatic carbocycles. The maximum Gasteiger partial charge on any atom is 0.218 e. The number of fused-ring (bicyclic) bond motifs is 1. The van der Waals surface area contributed by atoms with E-state index in [1.807, 2.05) is 12.1 Å². The molecule has 0 bridgehead atoms. The fourth-order valence-electron chi connectivity index (χ4n) is 1.99. The van der Waals surface area contributed by atoms with Crippen molar-refractivity contribution in [3.05, 3.63) is 46.7 Å². The molecule has 1 aliphatic rings. The number of nitrogens with one attached hydrogen (secondary N) is 1. The lowest BCUT2D eigenvalue weighted by atomic mass is 10.1. The Morgan fingerprint density at radius 2 is 2.16 bits per heavy atom. The van der Waals surface area contributed by atoms with Crippen LogP contribution in [0.5, 0.6) is 5.88 Å².